The van der Waals surface area contributed by atoms with Gasteiger partial charge in [0.1, 0.15) is 5.01 Å². The van der Waals surface area contributed by atoms with Gasteiger partial charge in [-0.05, 0) is 24.6 Å². The van der Waals surface area contributed by atoms with Gasteiger partial charge in [-0.3, -0.25) is 0 Å². The van der Waals surface area contributed by atoms with Crippen molar-refractivity contribution in [2.24, 2.45) is 0 Å². The van der Waals surface area contributed by atoms with E-state index in [1.807, 2.05) is 18.4 Å². The summed E-state index contributed by atoms with van der Waals surface area (Å²) in [7, 11) is 1.46. The van der Waals surface area contributed by atoms with Gasteiger partial charge >= 0.3 is 0 Å². The summed E-state index contributed by atoms with van der Waals surface area (Å²) < 4.78 is 18.4. The van der Waals surface area contributed by atoms with Crippen LogP contribution in [0.3, 0.4) is 0 Å². The Morgan fingerprint density at radius 1 is 1.50 bits per heavy atom. The van der Waals surface area contributed by atoms with Crippen molar-refractivity contribution in [2.75, 3.05) is 7.11 Å². The van der Waals surface area contributed by atoms with Crippen molar-refractivity contribution in [3.8, 4) is 5.75 Å². The van der Waals surface area contributed by atoms with Crippen LogP contribution in [0.1, 0.15) is 23.5 Å². The van der Waals surface area contributed by atoms with Crippen molar-refractivity contribution in [2.45, 2.75) is 19.5 Å². The first-order valence-corrected chi connectivity index (χ1v) is 6.54. The predicted molar refractivity (Wildman–Crippen MR) is 70.3 cm³/mol. The molecular weight excluding hydrogens is 251 g/mol. The molecule has 96 valence electrons. The average molecular weight is 266 g/mol. The molecular formula is C13H15FN2OS. The lowest BCUT2D eigenvalue weighted by Crippen LogP contribution is -2.17. The number of rotatable bonds is 5. The van der Waals surface area contributed by atoms with E-state index in [-0.39, 0.29) is 17.6 Å². The minimum Gasteiger partial charge on any atom is -0.494 e. The lowest BCUT2D eigenvalue weighted by atomic mass is 10.2. The maximum atomic E-state index is 13.5. The first-order valence-electron chi connectivity index (χ1n) is 5.66. The van der Waals surface area contributed by atoms with Gasteiger partial charge in [0.2, 0.25) is 0 Å². The highest BCUT2D eigenvalue weighted by Crippen LogP contribution is 2.19. The summed E-state index contributed by atoms with van der Waals surface area (Å²) in [4.78, 5) is 4.24. The molecule has 1 heterocycles. The van der Waals surface area contributed by atoms with Crippen molar-refractivity contribution >= 4 is 11.3 Å². The fourth-order valence-electron chi connectivity index (χ4n) is 1.63. The molecule has 0 aliphatic rings. The van der Waals surface area contributed by atoms with E-state index in [1.165, 1.54) is 13.2 Å². The van der Waals surface area contributed by atoms with Gasteiger partial charge in [0.05, 0.1) is 13.2 Å². The minimum atomic E-state index is -0.335. The maximum absolute atomic E-state index is 13.5. The number of thiazole rings is 1. The van der Waals surface area contributed by atoms with Crippen LogP contribution in [0, 0.1) is 5.82 Å². The third kappa shape index (κ3) is 3.05. The summed E-state index contributed by atoms with van der Waals surface area (Å²) in [5, 5.41) is 6.28. The molecule has 2 rings (SSSR count). The molecule has 5 heteroatoms. The van der Waals surface area contributed by atoms with E-state index in [1.54, 1.807) is 23.6 Å². The number of halogens is 1. The van der Waals surface area contributed by atoms with Crippen molar-refractivity contribution < 1.29 is 9.13 Å². The number of ether oxygens (including phenoxy) is 1. The van der Waals surface area contributed by atoms with Crippen molar-refractivity contribution in [3.63, 3.8) is 0 Å². The highest BCUT2D eigenvalue weighted by molar-refractivity contribution is 7.09. The van der Waals surface area contributed by atoms with Crippen molar-refractivity contribution in [1.29, 1.82) is 0 Å². The molecule has 0 radical (unpaired) electrons. The molecule has 0 aliphatic carbocycles. The maximum Gasteiger partial charge on any atom is 0.165 e. The topological polar surface area (TPSA) is 34.1 Å². The molecule has 0 aliphatic heterocycles. The van der Waals surface area contributed by atoms with Crippen LogP contribution in [0.2, 0.25) is 0 Å². The summed E-state index contributed by atoms with van der Waals surface area (Å²) in [5.41, 5.74) is 0.886. The van der Waals surface area contributed by atoms with Gasteiger partial charge in [-0.1, -0.05) is 6.07 Å². The number of hydrogen-bond donors (Lipinski definition) is 1. The zero-order valence-corrected chi connectivity index (χ0v) is 11.1. The normalized spacial score (nSPS) is 12.4. The third-order valence-electron chi connectivity index (χ3n) is 2.65. The number of aromatic nitrogens is 1. The van der Waals surface area contributed by atoms with Crippen LogP contribution in [0.15, 0.2) is 29.8 Å². The van der Waals surface area contributed by atoms with E-state index >= 15 is 0 Å². The summed E-state index contributed by atoms with van der Waals surface area (Å²) in [5.74, 6) is -0.0644. The first-order chi connectivity index (χ1) is 8.70. The number of hydrogen-bond acceptors (Lipinski definition) is 4. The smallest absolute Gasteiger partial charge is 0.165 e. The molecule has 0 fully saturated rings. The molecule has 1 aromatic heterocycles. The largest absolute Gasteiger partial charge is 0.494 e. The number of nitrogens with zero attached hydrogens (tertiary/aromatic N) is 1. The molecule has 0 saturated carbocycles. The second-order valence-corrected chi connectivity index (χ2v) is 4.87. The third-order valence-corrected chi connectivity index (χ3v) is 3.61. The number of benzene rings is 1. The van der Waals surface area contributed by atoms with Crippen LogP contribution >= 0.6 is 11.3 Å². The summed E-state index contributed by atoms with van der Waals surface area (Å²) >= 11 is 1.61. The first kappa shape index (κ1) is 13.0. The zero-order chi connectivity index (χ0) is 13.0. The van der Waals surface area contributed by atoms with Crippen LogP contribution < -0.4 is 10.1 Å². The van der Waals surface area contributed by atoms with Gasteiger partial charge in [-0.15, -0.1) is 11.3 Å². The lowest BCUT2D eigenvalue weighted by molar-refractivity contribution is 0.386. The molecule has 0 spiro atoms. The van der Waals surface area contributed by atoms with E-state index < -0.39 is 0 Å². The van der Waals surface area contributed by atoms with Crippen LogP contribution in [0.5, 0.6) is 5.75 Å². The molecule has 2 aromatic rings. The molecule has 0 saturated heterocycles. The number of methoxy groups -OCH3 is 1. The van der Waals surface area contributed by atoms with Gasteiger partial charge in [0.15, 0.2) is 11.6 Å². The Bertz CT molecular complexity index is 502. The second kappa shape index (κ2) is 5.93. The van der Waals surface area contributed by atoms with Crippen LogP contribution in [0.25, 0.3) is 0 Å². The Balaban J connectivity index is 1.96. The predicted octanol–water partition coefficient (Wildman–Crippen LogP) is 3.14. The van der Waals surface area contributed by atoms with Gasteiger partial charge < -0.3 is 10.1 Å². The van der Waals surface area contributed by atoms with Crippen LogP contribution in [-0.4, -0.2) is 12.1 Å². The molecule has 0 bridgehead atoms. The Morgan fingerprint density at radius 2 is 2.33 bits per heavy atom. The van der Waals surface area contributed by atoms with E-state index in [0.717, 1.165) is 10.6 Å². The van der Waals surface area contributed by atoms with E-state index in [4.69, 9.17) is 4.74 Å². The standard InChI is InChI=1S/C13H15FN2OS/c1-9(13-15-5-6-18-13)16-8-10-3-4-12(17-2)11(14)7-10/h3-7,9,16H,8H2,1-2H3. The quantitative estimate of drug-likeness (QED) is 0.902. The molecule has 1 aromatic carbocycles. The Hall–Kier alpha value is -1.46. The summed E-state index contributed by atoms with van der Waals surface area (Å²) in [6, 6.07) is 5.14. The second-order valence-electron chi connectivity index (χ2n) is 3.94. The Kier molecular flexibility index (Phi) is 4.28. The molecule has 1 atom stereocenters. The Labute approximate surface area is 110 Å². The molecule has 1 unspecified atom stereocenters. The molecule has 1 N–H and O–H groups in total. The van der Waals surface area contributed by atoms with Crippen molar-refractivity contribution in [1.82, 2.24) is 10.3 Å². The highest BCUT2D eigenvalue weighted by atomic mass is 32.1. The SMILES string of the molecule is COc1ccc(CNC(C)c2nccs2)cc1F. The van der Waals surface area contributed by atoms with Gasteiger partial charge in [-0.2, -0.15) is 0 Å². The van der Waals surface area contributed by atoms with E-state index in [2.05, 4.69) is 10.3 Å². The number of nitrogens with one attached hydrogen (secondary N) is 1. The van der Waals surface area contributed by atoms with Gasteiger partial charge in [-0.25, -0.2) is 9.37 Å². The lowest BCUT2D eigenvalue weighted by Gasteiger charge is -2.11. The fourth-order valence-corrected chi connectivity index (χ4v) is 2.30. The minimum absolute atomic E-state index is 0.162. The molecule has 0 amide bonds. The van der Waals surface area contributed by atoms with E-state index in [0.29, 0.717) is 6.54 Å². The van der Waals surface area contributed by atoms with Crippen LogP contribution in [-0.2, 0) is 6.54 Å². The highest BCUT2D eigenvalue weighted by Gasteiger charge is 2.08. The summed E-state index contributed by atoms with van der Waals surface area (Å²) in [6.45, 7) is 2.64. The molecule has 18 heavy (non-hydrogen) atoms. The average Bonchev–Trinajstić information content (AvgIpc) is 2.90. The van der Waals surface area contributed by atoms with Gasteiger partial charge in [0, 0.05) is 18.1 Å². The zero-order valence-electron chi connectivity index (χ0n) is 10.3. The monoisotopic (exact) mass is 266 g/mol. The van der Waals surface area contributed by atoms with Crippen LogP contribution in [0.4, 0.5) is 4.39 Å². The van der Waals surface area contributed by atoms with Gasteiger partial charge in [0.25, 0.3) is 0 Å². The summed E-state index contributed by atoms with van der Waals surface area (Å²) in [6.07, 6.45) is 1.78. The van der Waals surface area contributed by atoms with E-state index in [9.17, 15) is 4.39 Å². The Morgan fingerprint density at radius 3 is 2.94 bits per heavy atom. The molecule has 3 nitrogen and oxygen atoms in total. The fraction of sp³-hybridized carbons (Fsp3) is 0.308. The van der Waals surface area contributed by atoms with Crippen molar-refractivity contribution in [3.05, 3.63) is 46.2 Å².